The molecule has 16 aromatic carbocycles. The Morgan fingerprint density at radius 2 is 0.620 bits per heavy atom. The number of anilines is 2. The van der Waals surface area contributed by atoms with Gasteiger partial charge in [0.15, 0.2) is 0 Å². The summed E-state index contributed by atoms with van der Waals surface area (Å²) in [7, 11) is 0. The molecular weight excluding hydrogens is 1460 g/mol. The van der Waals surface area contributed by atoms with Crippen LogP contribution in [0.5, 0.6) is 0 Å². The minimum atomic E-state index is 0. The first-order chi connectivity index (χ1) is 51.9. The number of benzene rings is 16. The molecule has 1 N–H and O–H groups in total. The summed E-state index contributed by atoms with van der Waals surface area (Å²) in [5.74, 6) is 0. The third-order valence-electron chi connectivity index (χ3n) is 17.3. The average Bonchev–Trinajstić information content (AvgIpc) is 0.783. The molecule has 0 aliphatic rings. The van der Waals surface area contributed by atoms with Gasteiger partial charge in [-0.1, -0.05) is 235 Å². The van der Waals surface area contributed by atoms with Crippen LogP contribution < -0.4 is 5.32 Å². The second-order valence-corrected chi connectivity index (χ2v) is 25.2. The zero-order valence-electron chi connectivity index (χ0n) is 61.1. The first kappa shape index (κ1) is 80.1. The van der Waals surface area contributed by atoms with Crippen LogP contribution in [-0.2, 0) is 52.4 Å². The van der Waals surface area contributed by atoms with Gasteiger partial charge in [0.25, 0.3) is 0 Å². The second kappa shape index (κ2) is 41.6. The Kier molecular flexibility index (Phi) is 30.8. The molecule has 108 heavy (non-hydrogen) atoms. The largest absolute Gasteiger partial charge is 4.00 e. The average molecular weight is 1550 g/mol. The minimum absolute atomic E-state index is 0. The summed E-state index contributed by atoms with van der Waals surface area (Å²) in [6.07, 6.45) is 0. The van der Waals surface area contributed by atoms with Crippen molar-refractivity contribution in [3.8, 4) is 22.5 Å². The fourth-order valence-electron chi connectivity index (χ4n) is 11.8. The number of aryl methyl sites for hydroxylation is 2. The van der Waals surface area contributed by atoms with Crippen LogP contribution in [0.1, 0.15) is 44.5 Å². The number of nitrogens with zero attached hydrogens (tertiary/aromatic N) is 3. The number of para-hydroxylation sites is 2. The normalized spacial score (nSPS) is 10.0. The van der Waals surface area contributed by atoms with E-state index < -0.39 is 0 Å². The molecule has 2 aromatic heterocycles. The fourth-order valence-corrected chi connectivity index (χ4v) is 11.8. The Labute approximate surface area is 677 Å². The van der Waals surface area contributed by atoms with Gasteiger partial charge in [-0.05, 0) is 69.6 Å². The van der Waals surface area contributed by atoms with Crippen molar-refractivity contribution in [2.75, 3.05) is 5.32 Å². The van der Waals surface area contributed by atoms with E-state index in [9.17, 15) is 0 Å². The first-order valence-corrected chi connectivity index (χ1v) is 35.3. The van der Waals surface area contributed by atoms with Crippen molar-refractivity contribution in [1.82, 2.24) is 9.97 Å². The molecule has 18 rings (SSSR count). The molecule has 0 amide bonds. The zero-order valence-corrected chi connectivity index (χ0v) is 66.0. The van der Waals surface area contributed by atoms with Crippen molar-refractivity contribution in [2.24, 2.45) is 0 Å². The second-order valence-electron chi connectivity index (χ2n) is 25.2. The van der Waals surface area contributed by atoms with Crippen molar-refractivity contribution in [2.45, 2.75) is 13.8 Å². The molecule has 520 valence electrons. The summed E-state index contributed by atoms with van der Waals surface area (Å²) >= 11 is 0. The number of fused-ring (bicyclic) bond motifs is 6. The van der Waals surface area contributed by atoms with Gasteiger partial charge >= 0.3 is 52.4 Å². The van der Waals surface area contributed by atoms with E-state index in [1.54, 1.807) is 0 Å². The monoisotopic (exact) mass is 1540 g/mol. The van der Waals surface area contributed by atoms with Crippen LogP contribution >= 0.6 is 0 Å². The van der Waals surface area contributed by atoms with Gasteiger partial charge < -0.3 is 10.6 Å². The number of pyridine rings is 2. The van der Waals surface area contributed by atoms with Crippen molar-refractivity contribution >= 4 is 87.6 Å². The van der Waals surface area contributed by atoms with Gasteiger partial charge in [-0.25, -0.2) is 4.98 Å². The van der Waals surface area contributed by atoms with Gasteiger partial charge in [0.2, 0.25) is 0 Å². The third kappa shape index (κ3) is 23.0. The van der Waals surface area contributed by atoms with Crippen molar-refractivity contribution in [3.05, 3.63) is 492 Å². The van der Waals surface area contributed by atoms with Crippen LogP contribution in [0.4, 0.5) is 22.7 Å². The number of hydrogen-bond acceptors (Lipinski definition) is 3. The Morgan fingerprint density at radius 3 is 1.10 bits per heavy atom. The SMILES string of the molecule is Cc1ccc2ccccc2c1Nc1cccc2ccc(-c3cccc4ccccc34)nc12.Cc1ccc2ccccc2c1[N-]c1cccc2ccc(-c3[c-]ccc4ccccc34)nc12.[CH2-]c1ccccc1.[CH2-]c1ccccc1.[CH2-]c1ccccc1.[CH2-]c1ccccc1.[CH2-]c1ccccc1.[CH2-]c1ccccc1.[Zr+4].[Zr+4]. The summed E-state index contributed by atoms with van der Waals surface area (Å²) in [6, 6.07) is 136. The maximum atomic E-state index is 5.14. The molecule has 18 aromatic rings. The number of nitrogens with one attached hydrogen (secondary N) is 1. The van der Waals surface area contributed by atoms with Gasteiger partial charge in [-0.2, -0.15) is 148 Å². The summed E-state index contributed by atoms with van der Waals surface area (Å²) in [6.45, 7) is 26.6. The molecule has 0 saturated heterocycles. The summed E-state index contributed by atoms with van der Waals surface area (Å²) in [5.41, 5.74) is 18.8. The third-order valence-corrected chi connectivity index (χ3v) is 17.3. The summed E-state index contributed by atoms with van der Waals surface area (Å²) in [4.78, 5) is 10.2. The Balaban J connectivity index is 0.000000161. The molecular formula is C102H84N4Zr2. The molecule has 0 saturated carbocycles. The number of rotatable bonds is 6. The van der Waals surface area contributed by atoms with E-state index >= 15 is 0 Å². The Morgan fingerprint density at radius 1 is 0.278 bits per heavy atom. The molecule has 0 aliphatic heterocycles. The predicted octanol–water partition coefficient (Wildman–Crippen LogP) is 28.1. The van der Waals surface area contributed by atoms with Gasteiger partial charge in [0.05, 0.1) is 16.9 Å². The van der Waals surface area contributed by atoms with Gasteiger partial charge in [0, 0.05) is 27.5 Å². The van der Waals surface area contributed by atoms with E-state index in [1.165, 1.54) is 37.9 Å². The van der Waals surface area contributed by atoms with E-state index in [2.05, 4.69) is 261 Å². The van der Waals surface area contributed by atoms with E-state index in [0.29, 0.717) is 0 Å². The van der Waals surface area contributed by atoms with Gasteiger partial charge in [0.1, 0.15) is 0 Å². The molecule has 0 radical (unpaired) electrons. The molecule has 0 unspecified atom stereocenters. The molecule has 0 bridgehead atoms. The smallest absolute Gasteiger partial charge is 0.655 e. The van der Waals surface area contributed by atoms with Crippen molar-refractivity contribution in [1.29, 1.82) is 0 Å². The van der Waals surface area contributed by atoms with E-state index in [-0.39, 0.29) is 52.4 Å². The number of hydrogen-bond donors (Lipinski definition) is 1. The van der Waals surface area contributed by atoms with Crippen LogP contribution in [-0.4, -0.2) is 9.97 Å². The van der Waals surface area contributed by atoms with Crippen molar-refractivity contribution < 1.29 is 52.4 Å². The van der Waals surface area contributed by atoms with E-state index in [1.807, 2.05) is 200 Å². The summed E-state index contributed by atoms with van der Waals surface area (Å²) in [5, 5.41) is 20.6. The Bertz CT molecular complexity index is 5200. The zero-order chi connectivity index (χ0) is 73.7. The van der Waals surface area contributed by atoms with Crippen LogP contribution in [0.25, 0.3) is 92.7 Å². The van der Waals surface area contributed by atoms with Crippen LogP contribution in [0.15, 0.2) is 394 Å². The Hall–Kier alpha value is -12.0. The molecule has 0 atom stereocenters. The maximum Gasteiger partial charge on any atom is 4.00 e. The standard InChI is InChI=1S/C30H22N2.C30H20N2.6C7H7.2Zr/c2*1-20-16-17-22-9-3-5-13-25(22)29(20)32-28-15-7-11-23-18-19-27(31-30(23)28)26-14-6-10-21-8-2-4-12-24(21)26;6*1-7-5-3-2-4-6-7;;/h2-19,32H,1H3;2-13,15-19H,1H3;6*2-6H,1H2;;/q;-2;6*-1;2*+4. The summed E-state index contributed by atoms with van der Waals surface area (Å²) < 4.78 is 0. The van der Waals surface area contributed by atoms with Crippen LogP contribution in [0.3, 0.4) is 0 Å². The molecule has 6 heteroatoms. The first-order valence-electron chi connectivity index (χ1n) is 35.3. The van der Waals surface area contributed by atoms with Gasteiger partial charge in [-0.3, -0.25) is 4.98 Å². The maximum absolute atomic E-state index is 5.14. The van der Waals surface area contributed by atoms with Crippen LogP contribution in [0.2, 0.25) is 0 Å². The molecule has 0 aliphatic carbocycles. The molecule has 4 nitrogen and oxygen atoms in total. The molecule has 0 spiro atoms. The van der Waals surface area contributed by atoms with E-state index in [0.717, 1.165) is 117 Å². The topological polar surface area (TPSA) is 51.9 Å². The van der Waals surface area contributed by atoms with Crippen LogP contribution in [0, 0.1) is 61.5 Å². The molecule has 0 fully saturated rings. The fraction of sp³-hybridized carbons (Fsp3) is 0.0196. The minimum Gasteiger partial charge on any atom is -0.655 e. The van der Waals surface area contributed by atoms with E-state index in [4.69, 9.17) is 15.3 Å². The quantitative estimate of drug-likeness (QED) is 0.169. The predicted molar refractivity (Wildman–Crippen MR) is 457 cm³/mol. The van der Waals surface area contributed by atoms with Gasteiger partial charge in [-0.15, -0.1) is 113 Å². The number of aromatic nitrogens is 2. The van der Waals surface area contributed by atoms with Crippen molar-refractivity contribution in [3.63, 3.8) is 0 Å². The molecule has 2 heterocycles.